The van der Waals surface area contributed by atoms with Gasteiger partial charge in [0.05, 0.1) is 6.26 Å². The highest BCUT2D eigenvalue weighted by molar-refractivity contribution is 6.29. The van der Waals surface area contributed by atoms with Gasteiger partial charge in [-0.3, -0.25) is 4.98 Å². The second-order valence-electron chi connectivity index (χ2n) is 3.32. The maximum absolute atomic E-state index is 6.01. The molecule has 1 atom stereocenters. The third-order valence-corrected chi connectivity index (χ3v) is 2.56. The van der Waals surface area contributed by atoms with Crippen LogP contribution in [0.3, 0.4) is 0 Å². The van der Waals surface area contributed by atoms with Gasteiger partial charge in [-0.25, -0.2) is 0 Å². The van der Waals surface area contributed by atoms with Crippen molar-refractivity contribution < 1.29 is 4.42 Å². The summed E-state index contributed by atoms with van der Waals surface area (Å²) in [5.74, 6) is 0. The Morgan fingerprint density at radius 2 is 2.07 bits per heavy atom. The number of hydrogen-bond acceptors (Lipinski definition) is 3. The van der Waals surface area contributed by atoms with Crippen LogP contribution in [0.1, 0.15) is 17.2 Å². The molecule has 78 valence electrons. The van der Waals surface area contributed by atoms with Crippen molar-refractivity contribution in [1.29, 1.82) is 0 Å². The summed E-state index contributed by atoms with van der Waals surface area (Å²) < 4.78 is 5.00. The van der Waals surface area contributed by atoms with E-state index in [0.717, 1.165) is 17.5 Å². The van der Waals surface area contributed by atoms with Crippen molar-refractivity contribution in [3.8, 4) is 0 Å². The number of rotatable bonds is 3. The van der Waals surface area contributed by atoms with E-state index in [2.05, 4.69) is 4.98 Å². The van der Waals surface area contributed by atoms with Gasteiger partial charge < -0.3 is 10.2 Å². The summed E-state index contributed by atoms with van der Waals surface area (Å²) in [4.78, 5) is 3.95. The Kier molecular flexibility index (Phi) is 3.04. The molecule has 0 radical (unpaired) electrons. The molecule has 3 nitrogen and oxygen atoms in total. The summed E-state index contributed by atoms with van der Waals surface area (Å²) in [5.41, 5.74) is 7.98. The first-order valence-corrected chi connectivity index (χ1v) is 5.02. The molecule has 0 saturated heterocycles. The average Bonchev–Trinajstić information content (AvgIpc) is 2.66. The van der Waals surface area contributed by atoms with Gasteiger partial charge in [-0.2, -0.15) is 0 Å². The van der Waals surface area contributed by atoms with Crippen molar-refractivity contribution in [1.82, 2.24) is 4.98 Å². The Balaban J connectivity index is 2.11. The Morgan fingerprint density at radius 1 is 1.33 bits per heavy atom. The molecule has 2 rings (SSSR count). The van der Waals surface area contributed by atoms with Gasteiger partial charge in [0.25, 0.3) is 0 Å². The number of nitrogens with zero attached hydrogens (tertiary/aromatic N) is 1. The van der Waals surface area contributed by atoms with E-state index < -0.39 is 0 Å². The standard InChI is InChI=1S/C11H11ClN2O/c12-11-9(3-6-15-11)10(13)7-8-1-4-14-5-2-8/h1-6,10H,7,13H2. The highest BCUT2D eigenvalue weighted by atomic mass is 35.5. The molecule has 4 heteroatoms. The summed E-state index contributed by atoms with van der Waals surface area (Å²) in [5, 5.41) is 0.372. The monoisotopic (exact) mass is 222 g/mol. The summed E-state index contributed by atoms with van der Waals surface area (Å²) >= 11 is 5.84. The summed E-state index contributed by atoms with van der Waals surface area (Å²) in [7, 11) is 0. The van der Waals surface area contributed by atoms with E-state index in [9.17, 15) is 0 Å². The van der Waals surface area contributed by atoms with E-state index >= 15 is 0 Å². The number of nitrogens with two attached hydrogens (primary N) is 1. The fourth-order valence-corrected chi connectivity index (χ4v) is 1.71. The molecule has 15 heavy (non-hydrogen) atoms. The highest BCUT2D eigenvalue weighted by Gasteiger charge is 2.12. The van der Waals surface area contributed by atoms with Crippen molar-refractivity contribution in [2.75, 3.05) is 0 Å². The minimum atomic E-state index is -0.140. The van der Waals surface area contributed by atoms with Crippen LogP contribution < -0.4 is 5.73 Å². The molecule has 2 aromatic heterocycles. The number of halogens is 1. The molecule has 2 heterocycles. The smallest absolute Gasteiger partial charge is 0.197 e. The first-order chi connectivity index (χ1) is 7.27. The Bertz CT molecular complexity index is 427. The Labute approximate surface area is 92.9 Å². The molecule has 0 aliphatic carbocycles. The van der Waals surface area contributed by atoms with E-state index in [-0.39, 0.29) is 6.04 Å². The van der Waals surface area contributed by atoms with Gasteiger partial charge in [0.15, 0.2) is 5.22 Å². The maximum atomic E-state index is 6.01. The van der Waals surface area contributed by atoms with Crippen LogP contribution >= 0.6 is 11.6 Å². The minimum Gasteiger partial charge on any atom is -0.453 e. The first-order valence-electron chi connectivity index (χ1n) is 4.65. The van der Waals surface area contributed by atoms with Crippen LogP contribution in [-0.2, 0) is 6.42 Å². The van der Waals surface area contributed by atoms with E-state index in [4.69, 9.17) is 21.8 Å². The van der Waals surface area contributed by atoms with E-state index in [1.54, 1.807) is 24.7 Å². The third-order valence-electron chi connectivity index (χ3n) is 2.25. The molecule has 0 spiro atoms. The number of hydrogen-bond donors (Lipinski definition) is 1. The highest BCUT2D eigenvalue weighted by Crippen LogP contribution is 2.24. The second-order valence-corrected chi connectivity index (χ2v) is 3.66. The lowest BCUT2D eigenvalue weighted by Crippen LogP contribution is -2.12. The molecular weight excluding hydrogens is 212 g/mol. The lowest BCUT2D eigenvalue weighted by Gasteiger charge is -2.09. The predicted octanol–water partition coefficient (Wildman–Crippen LogP) is 2.57. The number of furan rings is 1. The quantitative estimate of drug-likeness (QED) is 0.869. The lowest BCUT2D eigenvalue weighted by atomic mass is 10.0. The number of pyridine rings is 1. The average molecular weight is 223 g/mol. The van der Waals surface area contributed by atoms with E-state index in [1.165, 1.54) is 0 Å². The Hall–Kier alpha value is -1.32. The molecule has 0 aliphatic heterocycles. The largest absolute Gasteiger partial charge is 0.453 e. The van der Waals surface area contributed by atoms with Gasteiger partial charge in [-0.1, -0.05) is 0 Å². The lowest BCUT2D eigenvalue weighted by molar-refractivity contribution is 0.560. The molecule has 0 aliphatic rings. The van der Waals surface area contributed by atoms with Crippen molar-refractivity contribution in [2.24, 2.45) is 5.73 Å². The van der Waals surface area contributed by atoms with Gasteiger partial charge in [0.2, 0.25) is 0 Å². The maximum Gasteiger partial charge on any atom is 0.197 e. The van der Waals surface area contributed by atoms with Crippen molar-refractivity contribution in [3.05, 3.63) is 53.2 Å². The molecule has 0 amide bonds. The van der Waals surface area contributed by atoms with Crippen LogP contribution in [-0.4, -0.2) is 4.98 Å². The van der Waals surface area contributed by atoms with E-state index in [1.807, 2.05) is 12.1 Å². The van der Waals surface area contributed by atoms with Crippen LogP contribution in [0.25, 0.3) is 0 Å². The van der Waals surface area contributed by atoms with Crippen LogP contribution in [0.5, 0.6) is 0 Å². The van der Waals surface area contributed by atoms with Gasteiger partial charge in [-0.15, -0.1) is 0 Å². The van der Waals surface area contributed by atoms with Crippen molar-refractivity contribution in [3.63, 3.8) is 0 Å². The molecule has 0 aromatic carbocycles. The Morgan fingerprint density at radius 3 is 2.67 bits per heavy atom. The third kappa shape index (κ3) is 2.37. The normalized spacial score (nSPS) is 12.7. The van der Waals surface area contributed by atoms with Gasteiger partial charge in [0.1, 0.15) is 0 Å². The van der Waals surface area contributed by atoms with Gasteiger partial charge >= 0.3 is 0 Å². The summed E-state index contributed by atoms with van der Waals surface area (Å²) in [6.07, 6.45) is 5.77. The van der Waals surface area contributed by atoms with E-state index in [0.29, 0.717) is 5.22 Å². The predicted molar refractivity (Wildman–Crippen MR) is 58.6 cm³/mol. The summed E-state index contributed by atoms with van der Waals surface area (Å²) in [6.45, 7) is 0. The summed E-state index contributed by atoms with van der Waals surface area (Å²) in [6, 6.07) is 5.54. The molecule has 0 fully saturated rings. The topological polar surface area (TPSA) is 52.0 Å². The SMILES string of the molecule is NC(Cc1ccncc1)c1ccoc1Cl. The molecule has 2 N–H and O–H groups in total. The molecule has 1 unspecified atom stereocenters. The molecule has 0 saturated carbocycles. The fourth-order valence-electron chi connectivity index (χ4n) is 1.45. The molecule has 0 bridgehead atoms. The zero-order chi connectivity index (χ0) is 10.7. The van der Waals surface area contributed by atoms with Crippen LogP contribution in [0.15, 0.2) is 41.3 Å². The molecular formula is C11H11ClN2O. The van der Waals surface area contributed by atoms with Crippen LogP contribution in [0.2, 0.25) is 5.22 Å². The van der Waals surface area contributed by atoms with Crippen LogP contribution in [0, 0.1) is 0 Å². The first kappa shape index (κ1) is 10.2. The van der Waals surface area contributed by atoms with Gasteiger partial charge in [0, 0.05) is 24.0 Å². The van der Waals surface area contributed by atoms with Crippen molar-refractivity contribution in [2.45, 2.75) is 12.5 Å². The zero-order valence-electron chi connectivity index (χ0n) is 8.06. The molecule has 2 aromatic rings. The van der Waals surface area contributed by atoms with Crippen molar-refractivity contribution >= 4 is 11.6 Å². The zero-order valence-corrected chi connectivity index (χ0v) is 8.82. The van der Waals surface area contributed by atoms with Gasteiger partial charge in [-0.05, 0) is 41.8 Å². The second kappa shape index (κ2) is 4.47. The minimum absolute atomic E-state index is 0.140. The number of aromatic nitrogens is 1. The van der Waals surface area contributed by atoms with Crippen LogP contribution in [0.4, 0.5) is 0 Å². The fraction of sp³-hybridized carbons (Fsp3) is 0.182.